The number of nitrogens with zero attached hydrogens (tertiary/aromatic N) is 1. The minimum absolute atomic E-state index is 0.0412. The fraction of sp³-hybridized carbons (Fsp3) is 0.0652. The lowest BCUT2D eigenvalue weighted by atomic mass is 9.74. The van der Waals surface area contributed by atoms with Crippen LogP contribution >= 0.6 is 0 Å². The van der Waals surface area contributed by atoms with E-state index in [1.807, 2.05) is 60.7 Å². The first-order chi connectivity index (χ1) is 24.5. The van der Waals surface area contributed by atoms with Gasteiger partial charge in [0.2, 0.25) is 5.43 Å². The van der Waals surface area contributed by atoms with Crippen LogP contribution in [0.25, 0.3) is 82.8 Å². The van der Waals surface area contributed by atoms with Crippen molar-refractivity contribution < 1.29 is 9.15 Å². The summed E-state index contributed by atoms with van der Waals surface area (Å²) in [5.41, 5.74) is 13.3. The molecule has 0 N–H and O–H groups in total. The summed E-state index contributed by atoms with van der Waals surface area (Å²) in [6.07, 6.45) is 0. The predicted molar refractivity (Wildman–Crippen MR) is 203 cm³/mol. The molecule has 9 aromatic rings. The number of para-hydroxylation sites is 2. The summed E-state index contributed by atoms with van der Waals surface area (Å²) in [4.78, 5) is 14.1. The lowest BCUT2D eigenvalue weighted by molar-refractivity contribution is 0.470. The average Bonchev–Trinajstić information content (AvgIpc) is 3.49. The number of fused-ring (bicyclic) bond motifs is 3. The van der Waals surface area contributed by atoms with Crippen molar-refractivity contribution >= 4 is 43.7 Å². The average molecular weight is 644 g/mol. The Bertz CT molecular complexity index is 3000. The standard InChI is InChI=1S/C46H29NO3/c1-46(2)36-15-8-14-32-34-23-29(25-41-43(34)47(42(32)36)44-37(46)16-9-17-39(44)50-41)27-19-21-38-35(22-27)45(48)33-20-18-28(24-40(33)49-38)31-13-7-6-12-30(31)26-10-4-3-5-11-26/h3-25H,1-2H3. The Hall–Kier alpha value is -6.39. The molecule has 0 spiro atoms. The molecular weight excluding hydrogens is 615 g/mol. The Kier molecular flexibility index (Phi) is 5.30. The highest BCUT2D eigenvalue weighted by Gasteiger charge is 2.39. The van der Waals surface area contributed by atoms with E-state index in [1.165, 1.54) is 22.0 Å². The Morgan fingerprint density at radius 2 is 1.24 bits per heavy atom. The van der Waals surface area contributed by atoms with E-state index in [4.69, 9.17) is 9.15 Å². The molecule has 50 heavy (non-hydrogen) atoms. The molecule has 2 aliphatic heterocycles. The van der Waals surface area contributed by atoms with Gasteiger partial charge in [-0.25, -0.2) is 0 Å². The largest absolute Gasteiger partial charge is 0.456 e. The van der Waals surface area contributed by atoms with E-state index in [0.717, 1.165) is 61.5 Å². The Balaban J connectivity index is 1.08. The van der Waals surface area contributed by atoms with Crippen molar-refractivity contribution in [3.8, 4) is 50.6 Å². The first-order valence-corrected chi connectivity index (χ1v) is 17.0. The van der Waals surface area contributed by atoms with Crippen molar-refractivity contribution in [3.63, 3.8) is 0 Å². The summed E-state index contributed by atoms with van der Waals surface area (Å²) in [5, 5.41) is 3.46. The first kappa shape index (κ1) is 27.5. The number of hydrogen-bond donors (Lipinski definition) is 0. The molecule has 0 bridgehead atoms. The second-order valence-electron chi connectivity index (χ2n) is 14.1. The van der Waals surface area contributed by atoms with Crippen LogP contribution in [-0.4, -0.2) is 4.57 Å². The normalized spacial score (nSPS) is 13.8. The number of rotatable bonds is 3. The summed E-state index contributed by atoms with van der Waals surface area (Å²) in [6.45, 7) is 4.60. The Labute approximate surface area is 287 Å². The molecule has 4 heteroatoms. The lowest BCUT2D eigenvalue weighted by Crippen LogP contribution is -2.27. The van der Waals surface area contributed by atoms with Gasteiger partial charge in [-0.2, -0.15) is 0 Å². The molecule has 2 aliphatic rings. The van der Waals surface area contributed by atoms with Gasteiger partial charge in [0.05, 0.1) is 27.5 Å². The highest BCUT2D eigenvalue weighted by atomic mass is 16.5. The Morgan fingerprint density at radius 3 is 2.10 bits per heavy atom. The van der Waals surface area contributed by atoms with Crippen molar-refractivity contribution in [3.05, 3.63) is 161 Å². The molecule has 0 atom stereocenters. The van der Waals surface area contributed by atoms with Crippen LogP contribution in [0, 0.1) is 0 Å². The predicted octanol–water partition coefficient (Wildman–Crippen LogP) is 11.8. The number of hydrogen-bond acceptors (Lipinski definition) is 3. The molecule has 11 rings (SSSR count). The maximum Gasteiger partial charge on any atom is 0.200 e. The van der Waals surface area contributed by atoms with Crippen molar-refractivity contribution in [1.29, 1.82) is 0 Å². The molecule has 0 aliphatic carbocycles. The molecule has 0 saturated heterocycles. The third-order valence-corrected chi connectivity index (χ3v) is 11.0. The molecule has 0 fully saturated rings. The van der Waals surface area contributed by atoms with Crippen LogP contribution in [0.2, 0.25) is 0 Å². The third-order valence-electron chi connectivity index (χ3n) is 11.0. The zero-order valence-corrected chi connectivity index (χ0v) is 27.5. The lowest BCUT2D eigenvalue weighted by Gasteiger charge is -2.36. The third kappa shape index (κ3) is 3.57. The van der Waals surface area contributed by atoms with Gasteiger partial charge >= 0.3 is 0 Å². The minimum Gasteiger partial charge on any atom is -0.456 e. The van der Waals surface area contributed by atoms with E-state index in [0.29, 0.717) is 21.9 Å². The molecule has 0 radical (unpaired) electrons. The molecule has 4 heterocycles. The van der Waals surface area contributed by atoms with Gasteiger partial charge < -0.3 is 13.7 Å². The van der Waals surface area contributed by atoms with Gasteiger partial charge in [-0.1, -0.05) is 111 Å². The molecule has 4 nitrogen and oxygen atoms in total. The van der Waals surface area contributed by atoms with Gasteiger partial charge in [-0.3, -0.25) is 4.79 Å². The summed E-state index contributed by atoms with van der Waals surface area (Å²) in [7, 11) is 0. The SMILES string of the molecule is CC1(C)c2cccc3c2-n2c4c(cc(-c5ccc6oc7cc(-c8ccccc8-c8ccccc8)ccc7c(=O)c6c5)cc4c4cccc1c42)O3. The topological polar surface area (TPSA) is 44.4 Å². The molecule has 7 aromatic carbocycles. The maximum absolute atomic E-state index is 14.1. The van der Waals surface area contributed by atoms with Gasteiger partial charge in [0.1, 0.15) is 11.2 Å². The minimum atomic E-state index is -0.167. The Morgan fingerprint density at radius 1 is 0.500 bits per heavy atom. The second-order valence-corrected chi connectivity index (χ2v) is 14.1. The highest BCUT2D eigenvalue weighted by molar-refractivity contribution is 6.15. The van der Waals surface area contributed by atoms with Gasteiger partial charge in [0.25, 0.3) is 0 Å². The van der Waals surface area contributed by atoms with Gasteiger partial charge in [0.15, 0.2) is 11.5 Å². The number of aromatic nitrogens is 1. The van der Waals surface area contributed by atoms with E-state index in [2.05, 4.69) is 97.3 Å². The van der Waals surface area contributed by atoms with Crippen molar-refractivity contribution in [1.82, 2.24) is 4.57 Å². The smallest absolute Gasteiger partial charge is 0.200 e. The van der Waals surface area contributed by atoms with Crippen molar-refractivity contribution in [2.24, 2.45) is 0 Å². The molecule has 0 saturated carbocycles. The molecule has 0 unspecified atom stereocenters. The number of ether oxygens (including phenoxy) is 1. The van der Waals surface area contributed by atoms with E-state index in [9.17, 15) is 4.79 Å². The van der Waals surface area contributed by atoms with E-state index >= 15 is 0 Å². The van der Waals surface area contributed by atoms with Gasteiger partial charge in [0, 0.05) is 16.2 Å². The highest BCUT2D eigenvalue weighted by Crippen LogP contribution is 2.55. The maximum atomic E-state index is 14.1. The quantitative estimate of drug-likeness (QED) is 0.180. The fourth-order valence-corrected chi connectivity index (χ4v) is 8.54. The fourth-order valence-electron chi connectivity index (χ4n) is 8.54. The molecule has 0 amide bonds. The second kappa shape index (κ2) is 9.61. The van der Waals surface area contributed by atoms with Crippen molar-refractivity contribution in [2.75, 3.05) is 0 Å². The van der Waals surface area contributed by atoms with E-state index in [1.54, 1.807) is 0 Å². The summed E-state index contributed by atoms with van der Waals surface area (Å²) < 4.78 is 15.6. The van der Waals surface area contributed by atoms with Crippen LogP contribution < -0.4 is 10.2 Å². The van der Waals surface area contributed by atoms with Gasteiger partial charge in [-0.15, -0.1) is 0 Å². The van der Waals surface area contributed by atoms with Crippen LogP contribution in [0.15, 0.2) is 149 Å². The summed E-state index contributed by atoms with van der Waals surface area (Å²) >= 11 is 0. The summed E-state index contributed by atoms with van der Waals surface area (Å²) in [6, 6.07) is 47.9. The van der Waals surface area contributed by atoms with Crippen molar-refractivity contribution in [2.45, 2.75) is 19.3 Å². The van der Waals surface area contributed by atoms with Crippen LogP contribution in [0.3, 0.4) is 0 Å². The van der Waals surface area contributed by atoms with Crippen LogP contribution in [-0.2, 0) is 5.41 Å². The zero-order valence-electron chi connectivity index (χ0n) is 27.5. The van der Waals surface area contributed by atoms with Gasteiger partial charge in [-0.05, 0) is 87.0 Å². The van der Waals surface area contributed by atoms with Crippen LogP contribution in [0.4, 0.5) is 0 Å². The van der Waals surface area contributed by atoms with E-state index in [-0.39, 0.29) is 10.8 Å². The van der Waals surface area contributed by atoms with Crippen LogP contribution in [0.5, 0.6) is 11.5 Å². The summed E-state index contributed by atoms with van der Waals surface area (Å²) in [5.74, 6) is 1.68. The number of benzene rings is 7. The first-order valence-electron chi connectivity index (χ1n) is 17.0. The molecular formula is C46H29NO3. The van der Waals surface area contributed by atoms with E-state index < -0.39 is 0 Å². The molecule has 236 valence electrons. The zero-order chi connectivity index (χ0) is 33.3. The van der Waals surface area contributed by atoms with Crippen LogP contribution in [0.1, 0.15) is 25.0 Å². The molecule has 2 aromatic heterocycles. The monoisotopic (exact) mass is 643 g/mol.